The van der Waals surface area contributed by atoms with Gasteiger partial charge in [0.2, 0.25) is 0 Å². The highest BCUT2D eigenvalue weighted by atomic mass is 79.9. The summed E-state index contributed by atoms with van der Waals surface area (Å²) >= 11 is 3.21. The second-order valence-electron chi connectivity index (χ2n) is 4.18. The molecule has 1 aliphatic rings. The number of nitro groups is 1. The van der Waals surface area contributed by atoms with E-state index in [1.165, 1.54) is 6.07 Å². The van der Waals surface area contributed by atoms with Crippen molar-refractivity contribution in [1.29, 1.82) is 0 Å². The Labute approximate surface area is 107 Å². The zero-order chi connectivity index (χ0) is 12.4. The summed E-state index contributed by atoms with van der Waals surface area (Å²) in [6.45, 7) is 0. The highest BCUT2D eigenvalue weighted by Gasteiger charge is 2.26. The molecule has 6 heteroatoms. The average Bonchev–Trinajstić information content (AvgIpc) is 2.66. The van der Waals surface area contributed by atoms with Gasteiger partial charge in [0.1, 0.15) is 6.10 Å². The van der Waals surface area contributed by atoms with E-state index in [2.05, 4.69) is 15.9 Å². The summed E-state index contributed by atoms with van der Waals surface area (Å²) in [7, 11) is 0. The summed E-state index contributed by atoms with van der Waals surface area (Å²) in [5.41, 5.74) is 5.77. The van der Waals surface area contributed by atoms with Gasteiger partial charge in [0.25, 0.3) is 0 Å². The molecule has 1 fully saturated rings. The van der Waals surface area contributed by atoms with Crippen molar-refractivity contribution in [1.82, 2.24) is 0 Å². The second kappa shape index (κ2) is 5.01. The van der Waals surface area contributed by atoms with Crippen molar-refractivity contribution < 1.29 is 9.66 Å². The van der Waals surface area contributed by atoms with Crippen molar-refractivity contribution in [2.45, 2.75) is 31.4 Å². The van der Waals surface area contributed by atoms with Gasteiger partial charge in [-0.25, -0.2) is 0 Å². The van der Waals surface area contributed by atoms with Crippen molar-refractivity contribution in [3.8, 4) is 5.75 Å². The Morgan fingerprint density at radius 3 is 2.82 bits per heavy atom. The molecule has 0 saturated heterocycles. The maximum atomic E-state index is 10.9. The Hall–Kier alpha value is -1.14. The molecule has 5 nitrogen and oxygen atoms in total. The summed E-state index contributed by atoms with van der Waals surface area (Å²) in [5.74, 6) is 0.317. The lowest BCUT2D eigenvalue weighted by molar-refractivity contribution is -0.386. The summed E-state index contributed by atoms with van der Waals surface area (Å²) < 4.78 is 6.32. The molecule has 0 bridgehead atoms. The maximum absolute atomic E-state index is 10.9. The SMILES string of the molecule is NC1CCC(Oc2ccc(Br)cc2[N+](=O)[O-])C1. The highest BCUT2D eigenvalue weighted by molar-refractivity contribution is 9.10. The zero-order valence-corrected chi connectivity index (χ0v) is 10.7. The molecule has 0 aliphatic heterocycles. The Morgan fingerprint density at radius 2 is 2.24 bits per heavy atom. The molecular formula is C11H13BrN2O3. The van der Waals surface area contributed by atoms with Crippen LogP contribution < -0.4 is 10.5 Å². The zero-order valence-electron chi connectivity index (χ0n) is 9.14. The van der Waals surface area contributed by atoms with Crippen LogP contribution in [0.25, 0.3) is 0 Å². The number of nitrogens with two attached hydrogens (primary N) is 1. The molecule has 0 aromatic heterocycles. The first-order valence-corrected chi connectivity index (χ1v) is 6.21. The van der Waals surface area contributed by atoms with Crippen LogP contribution in [0.5, 0.6) is 5.75 Å². The van der Waals surface area contributed by atoms with Gasteiger partial charge < -0.3 is 10.5 Å². The molecule has 2 atom stereocenters. The highest BCUT2D eigenvalue weighted by Crippen LogP contribution is 2.33. The minimum absolute atomic E-state index is 0.00937. The molecule has 1 aromatic rings. The smallest absolute Gasteiger partial charge is 0.312 e. The van der Waals surface area contributed by atoms with E-state index in [4.69, 9.17) is 10.5 Å². The van der Waals surface area contributed by atoms with E-state index < -0.39 is 4.92 Å². The summed E-state index contributed by atoms with van der Waals surface area (Å²) in [5, 5.41) is 10.9. The topological polar surface area (TPSA) is 78.4 Å². The van der Waals surface area contributed by atoms with Gasteiger partial charge in [0.15, 0.2) is 5.75 Å². The predicted octanol–water partition coefficient (Wildman–Crippen LogP) is 2.62. The number of hydrogen-bond donors (Lipinski definition) is 1. The van der Waals surface area contributed by atoms with E-state index >= 15 is 0 Å². The Morgan fingerprint density at radius 1 is 1.47 bits per heavy atom. The first-order valence-electron chi connectivity index (χ1n) is 5.42. The van der Waals surface area contributed by atoms with Crippen LogP contribution >= 0.6 is 15.9 Å². The normalized spacial score (nSPS) is 23.6. The molecule has 1 saturated carbocycles. The summed E-state index contributed by atoms with van der Waals surface area (Å²) in [4.78, 5) is 10.5. The molecule has 0 spiro atoms. The van der Waals surface area contributed by atoms with Gasteiger partial charge in [-0.05, 0) is 31.4 Å². The molecule has 0 amide bonds. The van der Waals surface area contributed by atoms with E-state index in [9.17, 15) is 10.1 Å². The molecule has 2 unspecified atom stereocenters. The predicted molar refractivity (Wildman–Crippen MR) is 67.0 cm³/mol. The molecule has 1 aliphatic carbocycles. The van der Waals surface area contributed by atoms with Crippen molar-refractivity contribution >= 4 is 21.6 Å². The van der Waals surface area contributed by atoms with Gasteiger partial charge in [0, 0.05) is 16.6 Å². The first kappa shape index (κ1) is 12.3. The Balaban J connectivity index is 2.17. The van der Waals surface area contributed by atoms with Crippen molar-refractivity contribution in [2.24, 2.45) is 5.73 Å². The third-order valence-corrected chi connectivity index (χ3v) is 3.33. The molecule has 17 heavy (non-hydrogen) atoms. The Kier molecular flexibility index (Phi) is 3.63. The van der Waals surface area contributed by atoms with E-state index in [1.807, 2.05) is 0 Å². The van der Waals surface area contributed by atoms with Gasteiger partial charge in [-0.1, -0.05) is 15.9 Å². The number of hydrogen-bond acceptors (Lipinski definition) is 4. The fourth-order valence-electron chi connectivity index (χ4n) is 1.99. The van der Waals surface area contributed by atoms with Crippen LogP contribution in [-0.2, 0) is 0 Å². The van der Waals surface area contributed by atoms with E-state index in [0.717, 1.165) is 19.3 Å². The Bertz CT molecular complexity index is 439. The summed E-state index contributed by atoms with van der Waals surface area (Å²) in [6, 6.07) is 4.95. The minimum Gasteiger partial charge on any atom is -0.483 e. The van der Waals surface area contributed by atoms with Crippen molar-refractivity contribution in [3.05, 3.63) is 32.8 Å². The van der Waals surface area contributed by atoms with Crippen molar-refractivity contribution in [2.75, 3.05) is 0 Å². The molecule has 1 aromatic carbocycles. The lowest BCUT2D eigenvalue weighted by atomic mass is 10.2. The van der Waals surface area contributed by atoms with Gasteiger partial charge in [-0.3, -0.25) is 10.1 Å². The lowest BCUT2D eigenvalue weighted by Crippen LogP contribution is -2.19. The largest absolute Gasteiger partial charge is 0.483 e. The quantitative estimate of drug-likeness (QED) is 0.687. The number of nitro benzene ring substituents is 1. The van der Waals surface area contributed by atoms with Crippen LogP contribution in [0.3, 0.4) is 0 Å². The van der Waals surface area contributed by atoms with Gasteiger partial charge in [0.05, 0.1) is 4.92 Å². The van der Waals surface area contributed by atoms with E-state index in [-0.39, 0.29) is 17.8 Å². The molecule has 2 N–H and O–H groups in total. The number of halogens is 1. The number of rotatable bonds is 3. The fourth-order valence-corrected chi connectivity index (χ4v) is 2.34. The van der Waals surface area contributed by atoms with Gasteiger partial charge in [-0.2, -0.15) is 0 Å². The van der Waals surface area contributed by atoms with Crippen molar-refractivity contribution in [3.63, 3.8) is 0 Å². The third kappa shape index (κ3) is 2.95. The van der Waals surface area contributed by atoms with Crippen LogP contribution in [0.15, 0.2) is 22.7 Å². The number of ether oxygens (including phenoxy) is 1. The summed E-state index contributed by atoms with van der Waals surface area (Å²) in [6.07, 6.45) is 2.52. The molecular weight excluding hydrogens is 288 g/mol. The maximum Gasteiger partial charge on any atom is 0.312 e. The molecule has 0 radical (unpaired) electrons. The monoisotopic (exact) mass is 300 g/mol. The van der Waals surface area contributed by atoms with E-state index in [0.29, 0.717) is 10.2 Å². The van der Waals surface area contributed by atoms with E-state index in [1.54, 1.807) is 12.1 Å². The lowest BCUT2D eigenvalue weighted by Gasteiger charge is -2.13. The average molecular weight is 301 g/mol. The molecule has 92 valence electrons. The number of benzene rings is 1. The second-order valence-corrected chi connectivity index (χ2v) is 5.10. The van der Waals surface area contributed by atoms with Crippen LogP contribution in [0.2, 0.25) is 0 Å². The minimum atomic E-state index is -0.436. The standard InChI is InChI=1S/C11H13BrN2O3/c12-7-1-4-11(10(5-7)14(15)16)17-9-3-2-8(13)6-9/h1,4-5,8-9H,2-3,6,13H2. The van der Waals surface area contributed by atoms with Crippen LogP contribution in [0.1, 0.15) is 19.3 Å². The number of nitrogens with zero attached hydrogens (tertiary/aromatic N) is 1. The fraction of sp³-hybridized carbons (Fsp3) is 0.455. The third-order valence-electron chi connectivity index (χ3n) is 2.84. The first-order chi connectivity index (χ1) is 8.06. The van der Waals surface area contributed by atoms with Crippen LogP contribution in [0, 0.1) is 10.1 Å². The van der Waals surface area contributed by atoms with Gasteiger partial charge in [-0.15, -0.1) is 0 Å². The van der Waals surface area contributed by atoms with Gasteiger partial charge >= 0.3 is 5.69 Å². The van der Waals surface area contributed by atoms with Crippen LogP contribution in [0.4, 0.5) is 5.69 Å². The molecule has 0 heterocycles. The van der Waals surface area contributed by atoms with Crippen LogP contribution in [-0.4, -0.2) is 17.1 Å². The molecule has 2 rings (SSSR count).